The molecular formula is C13H20ClN3. The molecule has 2 heterocycles. The van der Waals surface area contributed by atoms with E-state index in [-0.39, 0.29) is 0 Å². The van der Waals surface area contributed by atoms with Crippen LogP contribution in [-0.2, 0) is 6.54 Å². The topological polar surface area (TPSA) is 19.4 Å². The summed E-state index contributed by atoms with van der Waals surface area (Å²) in [4.78, 5) is 9.14. The molecule has 94 valence electrons. The summed E-state index contributed by atoms with van der Waals surface area (Å²) in [6.07, 6.45) is 2.72. The molecule has 4 heteroatoms. The summed E-state index contributed by atoms with van der Waals surface area (Å²) in [7, 11) is 2.14. The van der Waals surface area contributed by atoms with Gasteiger partial charge in [-0.25, -0.2) is 4.98 Å². The molecule has 0 atom stereocenters. The molecule has 0 amide bonds. The Bertz CT molecular complexity index is 350. The Hall–Kier alpha value is -0.640. The van der Waals surface area contributed by atoms with Gasteiger partial charge in [0.25, 0.3) is 0 Å². The Labute approximate surface area is 108 Å². The van der Waals surface area contributed by atoms with Crippen LogP contribution in [0, 0.1) is 0 Å². The zero-order valence-corrected chi connectivity index (χ0v) is 11.2. The molecule has 0 N–H and O–H groups in total. The van der Waals surface area contributed by atoms with Crippen LogP contribution in [0.2, 0.25) is 5.15 Å². The number of likely N-dealkylation sites (N-methyl/N-ethyl adjacent to an activating group) is 1. The molecule has 2 rings (SSSR count). The third-order valence-electron chi connectivity index (χ3n) is 3.20. The molecule has 0 spiro atoms. The Morgan fingerprint density at radius 2 is 2.12 bits per heavy atom. The van der Waals surface area contributed by atoms with Crippen LogP contribution in [0.15, 0.2) is 18.2 Å². The fourth-order valence-corrected chi connectivity index (χ4v) is 2.39. The van der Waals surface area contributed by atoms with Gasteiger partial charge in [-0.1, -0.05) is 17.7 Å². The molecule has 0 saturated carbocycles. The van der Waals surface area contributed by atoms with Crippen molar-refractivity contribution in [2.45, 2.75) is 19.4 Å². The van der Waals surface area contributed by atoms with E-state index in [1.807, 2.05) is 18.2 Å². The third-order valence-corrected chi connectivity index (χ3v) is 3.41. The van der Waals surface area contributed by atoms with Crippen molar-refractivity contribution in [3.63, 3.8) is 0 Å². The van der Waals surface area contributed by atoms with E-state index in [0.717, 1.165) is 25.3 Å². The van der Waals surface area contributed by atoms with Gasteiger partial charge in [-0.15, -0.1) is 0 Å². The summed E-state index contributed by atoms with van der Waals surface area (Å²) in [5.41, 5.74) is 1.04. The smallest absolute Gasteiger partial charge is 0.129 e. The highest BCUT2D eigenvalue weighted by molar-refractivity contribution is 6.29. The molecule has 1 fully saturated rings. The maximum atomic E-state index is 5.87. The second-order valence-corrected chi connectivity index (χ2v) is 5.13. The van der Waals surface area contributed by atoms with Crippen molar-refractivity contribution in [1.29, 1.82) is 0 Å². The van der Waals surface area contributed by atoms with Crippen molar-refractivity contribution in [2.75, 3.05) is 33.2 Å². The largest absolute Gasteiger partial charge is 0.302 e. The predicted octanol–water partition coefficient (Wildman–Crippen LogP) is 2.26. The standard InChI is InChI=1S/C13H20ClN3/c1-16(9-10-17-7-2-3-8-17)11-12-5-4-6-13(14)15-12/h4-6H,2-3,7-11H2,1H3. The summed E-state index contributed by atoms with van der Waals surface area (Å²) < 4.78 is 0. The van der Waals surface area contributed by atoms with Crippen molar-refractivity contribution in [3.05, 3.63) is 29.0 Å². The first-order chi connectivity index (χ1) is 8.24. The molecule has 1 aliphatic heterocycles. The quantitative estimate of drug-likeness (QED) is 0.751. The van der Waals surface area contributed by atoms with Crippen LogP contribution in [0.5, 0.6) is 0 Å². The predicted molar refractivity (Wildman–Crippen MR) is 71.3 cm³/mol. The van der Waals surface area contributed by atoms with Crippen molar-refractivity contribution < 1.29 is 0 Å². The molecule has 17 heavy (non-hydrogen) atoms. The van der Waals surface area contributed by atoms with E-state index in [0.29, 0.717) is 5.15 Å². The van der Waals surface area contributed by atoms with Gasteiger partial charge in [0.1, 0.15) is 5.15 Å². The van der Waals surface area contributed by atoms with Crippen LogP contribution in [0.3, 0.4) is 0 Å². The lowest BCUT2D eigenvalue weighted by atomic mass is 10.3. The number of halogens is 1. The normalized spacial score (nSPS) is 16.9. The minimum absolute atomic E-state index is 0.579. The van der Waals surface area contributed by atoms with E-state index >= 15 is 0 Å². The number of hydrogen-bond donors (Lipinski definition) is 0. The average Bonchev–Trinajstić information content (AvgIpc) is 2.79. The molecule has 0 radical (unpaired) electrons. The number of hydrogen-bond acceptors (Lipinski definition) is 3. The highest BCUT2D eigenvalue weighted by Crippen LogP contribution is 2.09. The highest BCUT2D eigenvalue weighted by Gasteiger charge is 2.11. The summed E-state index contributed by atoms with van der Waals surface area (Å²) in [6.45, 7) is 5.66. The Morgan fingerprint density at radius 3 is 2.82 bits per heavy atom. The fourth-order valence-electron chi connectivity index (χ4n) is 2.21. The molecular weight excluding hydrogens is 234 g/mol. The minimum Gasteiger partial charge on any atom is -0.302 e. The molecule has 1 aromatic rings. The second kappa shape index (κ2) is 6.34. The third kappa shape index (κ3) is 4.26. The lowest BCUT2D eigenvalue weighted by Crippen LogP contribution is -2.31. The monoisotopic (exact) mass is 253 g/mol. The molecule has 0 aliphatic carbocycles. The number of aromatic nitrogens is 1. The van der Waals surface area contributed by atoms with Crippen LogP contribution in [0.25, 0.3) is 0 Å². The van der Waals surface area contributed by atoms with E-state index in [2.05, 4.69) is 21.8 Å². The van der Waals surface area contributed by atoms with Crippen LogP contribution in [0.1, 0.15) is 18.5 Å². The first kappa shape index (κ1) is 12.8. The van der Waals surface area contributed by atoms with Gasteiger partial charge >= 0.3 is 0 Å². The molecule has 0 bridgehead atoms. The second-order valence-electron chi connectivity index (χ2n) is 4.74. The lowest BCUT2D eigenvalue weighted by molar-refractivity contribution is 0.250. The average molecular weight is 254 g/mol. The summed E-state index contributed by atoms with van der Waals surface area (Å²) in [5.74, 6) is 0. The zero-order valence-electron chi connectivity index (χ0n) is 10.4. The first-order valence-electron chi connectivity index (χ1n) is 6.26. The van der Waals surface area contributed by atoms with Crippen molar-refractivity contribution in [2.24, 2.45) is 0 Å². The van der Waals surface area contributed by atoms with E-state index < -0.39 is 0 Å². The highest BCUT2D eigenvalue weighted by atomic mass is 35.5. The molecule has 0 aromatic carbocycles. The van der Waals surface area contributed by atoms with Crippen LogP contribution in [-0.4, -0.2) is 48.0 Å². The summed E-state index contributed by atoms with van der Waals surface area (Å²) in [5, 5.41) is 0.579. The van der Waals surface area contributed by atoms with Crippen molar-refractivity contribution >= 4 is 11.6 Å². The molecule has 1 aliphatic rings. The van der Waals surface area contributed by atoms with Crippen LogP contribution in [0.4, 0.5) is 0 Å². The fraction of sp³-hybridized carbons (Fsp3) is 0.615. The van der Waals surface area contributed by atoms with Gasteiger partial charge in [0.15, 0.2) is 0 Å². The summed E-state index contributed by atoms with van der Waals surface area (Å²) >= 11 is 5.87. The SMILES string of the molecule is CN(CCN1CCCC1)Cc1cccc(Cl)n1. The summed E-state index contributed by atoms with van der Waals surface area (Å²) in [6, 6.07) is 5.80. The van der Waals surface area contributed by atoms with E-state index in [1.165, 1.54) is 25.9 Å². The first-order valence-corrected chi connectivity index (χ1v) is 6.64. The van der Waals surface area contributed by atoms with Gasteiger partial charge in [0, 0.05) is 19.6 Å². The maximum absolute atomic E-state index is 5.87. The number of pyridine rings is 1. The van der Waals surface area contributed by atoms with Crippen molar-refractivity contribution in [3.8, 4) is 0 Å². The number of nitrogens with zero attached hydrogens (tertiary/aromatic N) is 3. The van der Waals surface area contributed by atoms with E-state index in [1.54, 1.807) is 0 Å². The van der Waals surface area contributed by atoms with Crippen LogP contribution < -0.4 is 0 Å². The molecule has 0 unspecified atom stereocenters. The van der Waals surface area contributed by atoms with Crippen LogP contribution >= 0.6 is 11.6 Å². The zero-order chi connectivity index (χ0) is 12.1. The molecule has 1 aromatic heterocycles. The van der Waals surface area contributed by atoms with E-state index in [4.69, 9.17) is 11.6 Å². The maximum Gasteiger partial charge on any atom is 0.129 e. The lowest BCUT2D eigenvalue weighted by Gasteiger charge is -2.20. The Morgan fingerprint density at radius 1 is 1.35 bits per heavy atom. The van der Waals surface area contributed by atoms with Gasteiger partial charge in [0.05, 0.1) is 5.69 Å². The Balaban J connectivity index is 1.74. The van der Waals surface area contributed by atoms with Gasteiger partial charge in [-0.3, -0.25) is 4.90 Å². The minimum atomic E-state index is 0.579. The molecule has 1 saturated heterocycles. The van der Waals surface area contributed by atoms with E-state index in [9.17, 15) is 0 Å². The molecule has 3 nitrogen and oxygen atoms in total. The number of likely N-dealkylation sites (tertiary alicyclic amines) is 1. The van der Waals surface area contributed by atoms with Gasteiger partial charge in [-0.2, -0.15) is 0 Å². The number of rotatable bonds is 5. The van der Waals surface area contributed by atoms with Gasteiger partial charge in [0.2, 0.25) is 0 Å². The van der Waals surface area contributed by atoms with Gasteiger partial charge < -0.3 is 4.90 Å². The Kier molecular flexibility index (Phi) is 4.77. The van der Waals surface area contributed by atoms with Gasteiger partial charge in [-0.05, 0) is 45.1 Å². The van der Waals surface area contributed by atoms with Crippen molar-refractivity contribution in [1.82, 2.24) is 14.8 Å².